The summed E-state index contributed by atoms with van der Waals surface area (Å²) in [7, 11) is 2.24. The zero-order chi connectivity index (χ0) is 50.2. The molecule has 0 aromatic heterocycles. The highest BCUT2D eigenvalue weighted by Crippen LogP contribution is 2.46. The number of nitrogens with zero attached hydrogens (tertiary/aromatic N) is 1. The van der Waals surface area contributed by atoms with Crippen LogP contribution in [0.15, 0.2) is 23.3 Å². The fraction of sp³-hybridized carbons (Fsp3) is 0.849. The molecule has 12 nitrogen and oxygen atoms in total. The maximum absolute atomic E-state index is 15.1. The quantitative estimate of drug-likeness (QED) is 0.0655. The Labute approximate surface area is 414 Å². The molecule has 13 atom stereocenters. The van der Waals surface area contributed by atoms with Gasteiger partial charge < -0.3 is 38.1 Å². The number of ketones is 2. The summed E-state index contributed by atoms with van der Waals surface area (Å²) in [5.74, 6) is -6.73. The predicted octanol–water partition coefficient (Wildman–Crippen LogP) is 10.6. The zero-order valence-corrected chi connectivity index (χ0v) is 46.6. The van der Waals surface area contributed by atoms with Crippen molar-refractivity contribution in [3.8, 4) is 0 Å². The number of aliphatic hydroxyl groups is 1. The number of allylic oxidation sites excluding steroid dienone is 3. The van der Waals surface area contributed by atoms with E-state index in [0.29, 0.717) is 32.1 Å². The first kappa shape index (κ1) is 57.8. The van der Waals surface area contributed by atoms with Crippen LogP contribution in [0.3, 0.4) is 0 Å². The van der Waals surface area contributed by atoms with Gasteiger partial charge in [0.1, 0.15) is 24.0 Å². The number of rotatable bonds is 12. The Morgan fingerprint density at radius 2 is 1.54 bits per heavy atom. The van der Waals surface area contributed by atoms with Crippen molar-refractivity contribution < 1.29 is 52.4 Å². The molecule has 1 saturated carbocycles. The van der Waals surface area contributed by atoms with Crippen molar-refractivity contribution >= 4 is 47.7 Å². The van der Waals surface area contributed by atoms with Gasteiger partial charge in [0.05, 0.1) is 24.4 Å². The molecule has 1 N–H and O–H groups in total. The molecule has 3 fully saturated rings. The molecule has 4 aliphatic rings. The van der Waals surface area contributed by atoms with E-state index >= 15 is 9.59 Å². The molecule has 0 aromatic rings. The molecule has 384 valence electrons. The van der Waals surface area contributed by atoms with Crippen molar-refractivity contribution in [2.75, 3.05) is 27.9 Å². The van der Waals surface area contributed by atoms with E-state index in [1.165, 1.54) is 4.90 Å². The number of fused-ring (bicyclic) bond motifs is 3. The minimum Gasteiger partial charge on any atom is -0.456 e. The largest absolute Gasteiger partial charge is 0.456 e. The number of alkyl halides is 1. The molecule has 3 heterocycles. The summed E-state index contributed by atoms with van der Waals surface area (Å²) in [6.07, 6.45) is 8.92. The van der Waals surface area contributed by atoms with Crippen LogP contribution in [0, 0.1) is 23.7 Å². The van der Waals surface area contributed by atoms with Crippen molar-refractivity contribution in [3.63, 3.8) is 0 Å². The van der Waals surface area contributed by atoms with Crippen LogP contribution >= 0.6 is 15.9 Å². The number of ether oxygens (including phenoxy) is 5. The molecule has 14 heteroatoms. The SMILES string of the molecule is CCCC1C=C(C)CC(C)CC(OC)C2OC(O)(C(=O)C(=O)N3CCCCC3C(=O)OC(C(C)=CC3(Br)CCCC(OC)C3)C(C)C(O[Si](C(C)C)(C(C)C)C(C)C)CC1=O)C(C)CC2OC. The van der Waals surface area contributed by atoms with E-state index in [-0.39, 0.29) is 66.2 Å². The van der Waals surface area contributed by atoms with Crippen molar-refractivity contribution in [1.29, 1.82) is 0 Å². The van der Waals surface area contributed by atoms with Gasteiger partial charge >= 0.3 is 5.97 Å². The van der Waals surface area contributed by atoms with Crippen LogP contribution < -0.4 is 0 Å². The number of Topliss-reactive ketones (excluding diaryl/α,β-unsaturated/α-hetero) is 2. The molecule has 2 saturated heterocycles. The predicted molar refractivity (Wildman–Crippen MR) is 269 cm³/mol. The topological polar surface area (TPSA) is 147 Å². The molecular weight excluding hydrogens is 935 g/mol. The second-order valence-corrected chi connectivity index (χ2v) is 29.0. The normalized spacial score (nSPS) is 36.5. The molecular formula is C53H90BrNO11Si. The Morgan fingerprint density at radius 1 is 0.910 bits per heavy atom. The molecule has 3 aliphatic heterocycles. The number of hydrogen-bond donors (Lipinski definition) is 1. The van der Waals surface area contributed by atoms with Gasteiger partial charge in [-0.15, -0.1) is 0 Å². The van der Waals surface area contributed by atoms with E-state index < -0.39 is 84.5 Å². The van der Waals surface area contributed by atoms with E-state index in [1.807, 2.05) is 13.8 Å². The zero-order valence-electron chi connectivity index (χ0n) is 44.0. The lowest BCUT2D eigenvalue weighted by molar-refractivity contribution is -0.302. The molecule has 0 spiro atoms. The molecule has 0 aromatic carbocycles. The van der Waals surface area contributed by atoms with Crippen LogP contribution in [0.2, 0.25) is 16.6 Å². The van der Waals surface area contributed by atoms with Crippen LogP contribution in [0.1, 0.15) is 167 Å². The molecule has 0 radical (unpaired) electrons. The third-order valence-electron chi connectivity index (χ3n) is 16.0. The second kappa shape index (κ2) is 25.1. The summed E-state index contributed by atoms with van der Waals surface area (Å²) in [6.45, 7) is 25.6. The molecule has 1 aliphatic carbocycles. The summed E-state index contributed by atoms with van der Waals surface area (Å²) in [6, 6.07) is -1.09. The maximum Gasteiger partial charge on any atom is 0.329 e. The van der Waals surface area contributed by atoms with Gasteiger partial charge in [-0.3, -0.25) is 14.4 Å². The van der Waals surface area contributed by atoms with Gasteiger partial charge in [0.15, 0.2) is 0 Å². The summed E-state index contributed by atoms with van der Waals surface area (Å²) in [4.78, 5) is 60.6. The Kier molecular flexibility index (Phi) is 21.6. The van der Waals surface area contributed by atoms with Gasteiger partial charge in [0.2, 0.25) is 14.1 Å². The molecule has 1 amide bonds. The highest BCUT2D eigenvalue weighted by atomic mass is 79.9. The summed E-state index contributed by atoms with van der Waals surface area (Å²) in [5.41, 5.74) is 2.56. The smallest absolute Gasteiger partial charge is 0.329 e. The standard InChI is InChI=1S/C53H90BrNO11Si/c1-16-20-40-26-35(8)25-36(9)27-45(62-14)48-46(63-15)28-38(11)53(60,65-48)49(57)50(58)55-24-18-17-22-42(55)51(59)64-47(37(10)30-52(54)23-19-21-41(31-52)61-13)39(12)44(29-43(40)56)66-67(32(2)3,33(4)5)34(6)7/h26,30,32-34,36,38-42,44-48,60H,16-25,27-29,31H2,1-15H3. The lowest BCUT2D eigenvalue weighted by Crippen LogP contribution is -2.64. The van der Waals surface area contributed by atoms with Crippen molar-refractivity contribution in [2.24, 2.45) is 23.7 Å². The first-order valence-electron chi connectivity index (χ1n) is 25.7. The first-order valence-corrected chi connectivity index (χ1v) is 28.7. The number of carbonyl (C=O) groups excluding carboxylic acids is 4. The van der Waals surface area contributed by atoms with Gasteiger partial charge in [-0.2, -0.15) is 0 Å². The number of carbonyl (C=O) groups is 4. The van der Waals surface area contributed by atoms with Gasteiger partial charge in [-0.05, 0) is 113 Å². The number of methoxy groups -OCH3 is 3. The van der Waals surface area contributed by atoms with Gasteiger partial charge in [0, 0.05) is 56.4 Å². The summed E-state index contributed by atoms with van der Waals surface area (Å²) < 4.78 is 38.2. The third kappa shape index (κ3) is 13.6. The highest BCUT2D eigenvalue weighted by Gasteiger charge is 2.57. The van der Waals surface area contributed by atoms with Crippen molar-refractivity contribution in [2.45, 2.75) is 236 Å². The number of amides is 1. The lowest BCUT2D eigenvalue weighted by Gasteiger charge is -2.47. The van der Waals surface area contributed by atoms with Crippen molar-refractivity contribution in [3.05, 3.63) is 23.3 Å². The lowest BCUT2D eigenvalue weighted by atomic mass is 9.82. The molecule has 67 heavy (non-hydrogen) atoms. The number of hydrogen-bond acceptors (Lipinski definition) is 11. The van der Waals surface area contributed by atoms with E-state index in [4.69, 9.17) is 28.1 Å². The Bertz CT molecular complexity index is 1710. The van der Waals surface area contributed by atoms with E-state index in [2.05, 4.69) is 90.4 Å². The Hall–Kier alpha value is -1.78. The maximum atomic E-state index is 15.1. The number of esters is 1. The average Bonchev–Trinajstić information content (AvgIpc) is 3.27. The van der Waals surface area contributed by atoms with Gasteiger partial charge in [-0.25, -0.2) is 4.79 Å². The Morgan fingerprint density at radius 3 is 2.12 bits per heavy atom. The highest BCUT2D eigenvalue weighted by molar-refractivity contribution is 9.10. The first-order chi connectivity index (χ1) is 31.4. The number of piperidine rings is 1. The second-order valence-electron chi connectivity index (χ2n) is 22.0. The van der Waals surface area contributed by atoms with Gasteiger partial charge in [-0.1, -0.05) is 109 Å². The minimum absolute atomic E-state index is 0.0539. The monoisotopic (exact) mass is 1020 g/mol. The third-order valence-corrected chi connectivity index (χ3v) is 23.1. The van der Waals surface area contributed by atoms with Crippen LogP contribution in [0.5, 0.6) is 0 Å². The minimum atomic E-state index is -2.64. The average molecular weight is 1030 g/mol. The molecule has 4 rings (SSSR count). The van der Waals surface area contributed by atoms with Gasteiger partial charge in [0.25, 0.3) is 11.7 Å². The van der Waals surface area contributed by atoms with Crippen LogP contribution in [0.25, 0.3) is 0 Å². The summed E-state index contributed by atoms with van der Waals surface area (Å²) in [5, 5.41) is 12.3. The summed E-state index contributed by atoms with van der Waals surface area (Å²) >= 11 is 4.09. The van der Waals surface area contributed by atoms with E-state index in [0.717, 1.165) is 43.3 Å². The van der Waals surface area contributed by atoms with Crippen LogP contribution in [0.4, 0.5) is 0 Å². The van der Waals surface area contributed by atoms with Crippen molar-refractivity contribution in [1.82, 2.24) is 4.90 Å². The van der Waals surface area contributed by atoms with Crippen LogP contribution in [-0.4, -0.2) is 122 Å². The van der Waals surface area contributed by atoms with E-state index in [9.17, 15) is 14.7 Å². The molecule has 2 bridgehead atoms. The Balaban J connectivity index is 1.96. The fourth-order valence-electron chi connectivity index (χ4n) is 12.4. The molecule has 13 unspecified atom stereocenters. The fourth-order valence-corrected chi connectivity index (χ4v) is 19.1. The number of cyclic esters (lactones) is 1. The van der Waals surface area contributed by atoms with Crippen LogP contribution in [-0.2, 0) is 47.3 Å². The van der Waals surface area contributed by atoms with E-state index in [1.54, 1.807) is 28.3 Å². The number of halogens is 1.